The number of ether oxygens (including phenoxy) is 4. The Bertz CT molecular complexity index is 1090. The number of hydrogen-bond donors (Lipinski definition) is 1. The third-order valence-electron chi connectivity index (χ3n) is 5.95. The minimum Gasteiger partial charge on any atom is -0.493 e. The van der Waals surface area contributed by atoms with E-state index in [-0.39, 0.29) is 23.1 Å². The van der Waals surface area contributed by atoms with Crippen LogP contribution >= 0.6 is 0 Å². The third-order valence-corrected chi connectivity index (χ3v) is 5.95. The zero-order valence-corrected chi connectivity index (χ0v) is 20.8. The number of carbonyl (C=O) groups excluding carboxylic acids is 3. The smallest absolute Gasteiger partial charge is 0.328 e. The monoisotopic (exact) mass is 502 g/mol. The maximum Gasteiger partial charge on any atom is 0.328 e. The number of nitrogens with one attached hydrogen (secondary N) is 1. The molecule has 1 fully saturated rings. The molecule has 194 valence electrons. The molecule has 0 unspecified atom stereocenters. The first kappa shape index (κ1) is 26.9. The number of methoxy groups -OCH3 is 1. The quantitative estimate of drug-likeness (QED) is 0.488. The van der Waals surface area contributed by atoms with Crippen LogP contribution in [0, 0.1) is 11.7 Å². The van der Waals surface area contributed by atoms with E-state index in [1.165, 1.54) is 45.4 Å². The fourth-order valence-electron chi connectivity index (χ4n) is 4.23. The van der Waals surface area contributed by atoms with E-state index in [0.717, 1.165) is 25.7 Å². The summed E-state index contributed by atoms with van der Waals surface area (Å²) in [5.74, 6) is -2.01. The van der Waals surface area contributed by atoms with Gasteiger partial charge in [-0.15, -0.1) is 0 Å². The van der Waals surface area contributed by atoms with Crippen LogP contribution in [0.25, 0.3) is 0 Å². The molecule has 2 aromatic rings. The van der Waals surface area contributed by atoms with Crippen molar-refractivity contribution < 1.29 is 37.7 Å². The Morgan fingerprint density at radius 2 is 1.86 bits per heavy atom. The number of hydrogen-bond acceptors (Lipinski definition) is 8. The fourth-order valence-corrected chi connectivity index (χ4v) is 4.23. The van der Waals surface area contributed by atoms with Crippen molar-refractivity contribution in [3.8, 4) is 17.2 Å². The predicted molar refractivity (Wildman–Crippen MR) is 127 cm³/mol. The summed E-state index contributed by atoms with van der Waals surface area (Å²) in [6, 6.07) is 6.23. The third kappa shape index (κ3) is 6.93. The van der Waals surface area contributed by atoms with Crippen molar-refractivity contribution in [2.45, 2.75) is 64.7 Å². The molecule has 9 nitrogen and oxygen atoms in total. The number of benzene rings is 1. The lowest BCUT2D eigenvalue weighted by atomic mass is 9.96. The van der Waals surface area contributed by atoms with E-state index in [9.17, 15) is 18.8 Å². The molecule has 3 rings (SSSR count). The van der Waals surface area contributed by atoms with Gasteiger partial charge in [-0.1, -0.05) is 18.9 Å². The van der Waals surface area contributed by atoms with Crippen molar-refractivity contribution in [3.05, 3.63) is 48.0 Å². The van der Waals surface area contributed by atoms with Crippen LogP contribution in [0.2, 0.25) is 0 Å². The maximum absolute atomic E-state index is 13.7. The molecule has 1 aromatic carbocycles. The van der Waals surface area contributed by atoms with Gasteiger partial charge in [-0.3, -0.25) is 9.59 Å². The van der Waals surface area contributed by atoms with Crippen LogP contribution in [0.15, 0.2) is 36.5 Å². The molecule has 0 spiro atoms. The highest BCUT2D eigenvalue weighted by atomic mass is 19.1. The highest BCUT2D eigenvalue weighted by molar-refractivity contribution is 5.98. The standard InChI is InChI=1S/C26H31FN2O7/c1-15(29-25(31)22-24(35-17(3)30)21(33-4)12-13-28-22)26(32)34-16(2)23(18-8-5-6-9-18)36-20-11-7-10-19(27)14-20/h7,10-16,18,23H,5-6,8-9H2,1-4H3,(H,29,31)/t15-,16-,23-/m0/s1. The normalized spacial score (nSPS) is 15.9. The summed E-state index contributed by atoms with van der Waals surface area (Å²) in [7, 11) is 1.36. The summed E-state index contributed by atoms with van der Waals surface area (Å²) < 4.78 is 35.7. The number of amides is 1. The minimum atomic E-state index is -1.04. The van der Waals surface area contributed by atoms with Crippen LogP contribution in [0.4, 0.5) is 4.39 Å². The molecule has 1 N–H and O–H groups in total. The molecule has 0 radical (unpaired) electrons. The largest absolute Gasteiger partial charge is 0.493 e. The van der Waals surface area contributed by atoms with Crippen LogP contribution in [-0.2, 0) is 14.3 Å². The van der Waals surface area contributed by atoms with Gasteiger partial charge in [0.15, 0.2) is 11.4 Å². The Balaban J connectivity index is 1.69. The zero-order valence-electron chi connectivity index (χ0n) is 20.8. The van der Waals surface area contributed by atoms with Gasteiger partial charge in [0.25, 0.3) is 5.91 Å². The van der Waals surface area contributed by atoms with E-state index in [1.54, 1.807) is 19.1 Å². The summed E-state index contributed by atoms with van der Waals surface area (Å²) in [6.07, 6.45) is 4.09. The van der Waals surface area contributed by atoms with Crippen LogP contribution in [-0.4, -0.2) is 48.2 Å². The lowest BCUT2D eigenvalue weighted by Gasteiger charge is -2.30. The molecule has 1 amide bonds. The van der Waals surface area contributed by atoms with Crippen molar-refractivity contribution in [1.29, 1.82) is 0 Å². The molecule has 0 bridgehead atoms. The number of halogens is 1. The van der Waals surface area contributed by atoms with E-state index >= 15 is 0 Å². The molecule has 10 heteroatoms. The number of nitrogens with zero attached hydrogens (tertiary/aromatic N) is 1. The molecular formula is C26H31FN2O7. The summed E-state index contributed by atoms with van der Waals surface area (Å²) in [5, 5.41) is 2.52. The van der Waals surface area contributed by atoms with E-state index in [0.29, 0.717) is 5.75 Å². The number of esters is 2. The highest BCUT2D eigenvalue weighted by Gasteiger charge is 2.34. The van der Waals surface area contributed by atoms with Crippen molar-refractivity contribution in [3.63, 3.8) is 0 Å². The van der Waals surface area contributed by atoms with Gasteiger partial charge in [0.1, 0.15) is 29.8 Å². The van der Waals surface area contributed by atoms with Crippen LogP contribution in [0.5, 0.6) is 17.2 Å². The van der Waals surface area contributed by atoms with Gasteiger partial charge in [0, 0.05) is 25.3 Å². The molecular weight excluding hydrogens is 471 g/mol. The SMILES string of the molecule is COc1ccnc(C(=O)N[C@@H](C)C(=O)O[C@@H](C)[C@H](Oc2cccc(F)c2)C2CCCC2)c1OC(C)=O. The average molecular weight is 503 g/mol. The Hall–Kier alpha value is -3.69. The summed E-state index contributed by atoms with van der Waals surface area (Å²) >= 11 is 0. The lowest BCUT2D eigenvalue weighted by Crippen LogP contribution is -2.45. The molecule has 1 aliphatic rings. The second-order valence-electron chi connectivity index (χ2n) is 8.71. The number of rotatable bonds is 10. The van der Waals surface area contributed by atoms with Gasteiger partial charge in [0.2, 0.25) is 5.75 Å². The second-order valence-corrected chi connectivity index (χ2v) is 8.71. The molecule has 3 atom stereocenters. The summed E-state index contributed by atoms with van der Waals surface area (Å²) in [6.45, 7) is 4.37. The zero-order chi connectivity index (χ0) is 26.2. The van der Waals surface area contributed by atoms with E-state index in [2.05, 4.69) is 10.3 Å². The van der Waals surface area contributed by atoms with Gasteiger partial charge in [-0.05, 0) is 44.7 Å². The second kappa shape index (κ2) is 12.3. The van der Waals surface area contributed by atoms with E-state index < -0.39 is 41.9 Å². The van der Waals surface area contributed by atoms with Gasteiger partial charge in [-0.25, -0.2) is 14.2 Å². The summed E-state index contributed by atoms with van der Waals surface area (Å²) in [4.78, 5) is 41.2. The Morgan fingerprint density at radius 1 is 1.14 bits per heavy atom. The van der Waals surface area contributed by atoms with Gasteiger partial charge < -0.3 is 24.3 Å². The first-order chi connectivity index (χ1) is 17.2. The number of pyridine rings is 1. The molecule has 1 heterocycles. The molecule has 0 aliphatic heterocycles. The van der Waals surface area contributed by atoms with Gasteiger partial charge in [0.05, 0.1) is 7.11 Å². The Morgan fingerprint density at radius 3 is 2.50 bits per heavy atom. The van der Waals surface area contributed by atoms with Crippen molar-refractivity contribution in [2.75, 3.05) is 7.11 Å². The molecule has 0 saturated heterocycles. The first-order valence-electron chi connectivity index (χ1n) is 11.8. The Kier molecular flexibility index (Phi) is 9.21. The molecule has 36 heavy (non-hydrogen) atoms. The minimum absolute atomic E-state index is 0.142. The van der Waals surface area contributed by atoms with Crippen molar-refractivity contribution >= 4 is 17.8 Å². The van der Waals surface area contributed by atoms with E-state index in [4.69, 9.17) is 18.9 Å². The average Bonchev–Trinajstić information content (AvgIpc) is 3.36. The maximum atomic E-state index is 13.7. The fraction of sp³-hybridized carbons (Fsp3) is 0.462. The van der Waals surface area contributed by atoms with Crippen molar-refractivity contribution in [2.24, 2.45) is 5.92 Å². The topological polar surface area (TPSA) is 113 Å². The molecule has 1 saturated carbocycles. The predicted octanol–water partition coefficient (Wildman–Crippen LogP) is 3.84. The molecule has 1 aliphatic carbocycles. The number of aromatic nitrogens is 1. The van der Waals surface area contributed by atoms with Crippen molar-refractivity contribution in [1.82, 2.24) is 10.3 Å². The van der Waals surface area contributed by atoms with Crippen LogP contribution in [0.1, 0.15) is 56.9 Å². The van der Waals surface area contributed by atoms with Gasteiger partial charge in [-0.2, -0.15) is 0 Å². The highest BCUT2D eigenvalue weighted by Crippen LogP contribution is 2.33. The summed E-state index contributed by atoms with van der Waals surface area (Å²) in [5.41, 5.74) is -0.212. The molecule has 1 aromatic heterocycles. The van der Waals surface area contributed by atoms with Gasteiger partial charge >= 0.3 is 11.9 Å². The van der Waals surface area contributed by atoms with E-state index in [1.807, 2.05) is 0 Å². The van der Waals surface area contributed by atoms with Crippen LogP contribution < -0.4 is 19.5 Å². The lowest BCUT2D eigenvalue weighted by molar-refractivity contribution is -0.156. The first-order valence-corrected chi connectivity index (χ1v) is 11.8. The number of carbonyl (C=O) groups is 3. The van der Waals surface area contributed by atoms with Crippen LogP contribution in [0.3, 0.4) is 0 Å². The Labute approximate surface area is 209 Å².